The summed E-state index contributed by atoms with van der Waals surface area (Å²) in [4.78, 5) is 28.3. The number of benzene rings is 1. The molecule has 0 spiro atoms. The molecule has 1 heterocycles. The molecule has 0 atom stereocenters. The van der Waals surface area contributed by atoms with Gasteiger partial charge in [0.2, 0.25) is 0 Å². The Morgan fingerprint density at radius 1 is 0.955 bits per heavy atom. The lowest BCUT2D eigenvalue weighted by molar-refractivity contribution is 0.0644. The molecule has 0 saturated carbocycles. The molecule has 5 nitrogen and oxygen atoms in total. The zero-order valence-corrected chi connectivity index (χ0v) is 12.3. The predicted octanol–water partition coefficient (Wildman–Crippen LogP) is 1.54. The topological polar surface area (TPSA) is 43.9 Å². The van der Waals surface area contributed by atoms with Gasteiger partial charge >= 0.3 is 6.03 Å². The Labute approximate surface area is 125 Å². The fraction of sp³-hybridized carbons (Fsp3) is 0.429. The first kappa shape index (κ1) is 16.1. The Balaban J connectivity index is 2.07. The molecule has 0 N–H and O–H groups in total. The van der Waals surface area contributed by atoms with Crippen molar-refractivity contribution in [3.8, 4) is 0 Å². The number of urea groups is 1. The van der Waals surface area contributed by atoms with Crippen LogP contribution in [0.2, 0.25) is 0 Å². The van der Waals surface area contributed by atoms with E-state index in [0.29, 0.717) is 13.1 Å². The SMILES string of the molecule is CN(C)C(=O)N1CCN(C(=O)c2ccc(F)c(F)c2F)CC1. The molecule has 22 heavy (non-hydrogen) atoms. The van der Waals surface area contributed by atoms with Crippen LogP contribution in [0.25, 0.3) is 0 Å². The van der Waals surface area contributed by atoms with Crippen LogP contribution in [0.15, 0.2) is 12.1 Å². The van der Waals surface area contributed by atoms with Crippen molar-refractivity contribution in [2.75, 3.05) is 40.3 Å². The van der Waals surface area contributed by atoms with Crippen LogP contribution < -0.4 is 0 Å². The molecular weight excluding hydrogens is 299 g/mol. The molecular formula is C14H16F3N3O2. The fourth-order valence-electron chi connectivity index (χ4n) is 2.25. The predicted molar refractivity (Wildman–Crippen MR) is 72.9 cm³/mol. The summed E-state index contributed by atoms with van der Waals surface area (Å²) in [5, 5.41) is 0. The molecule has 1 fully saturated rings. The van der Waals surface area contributed by atoms with E-state index in [4.69, 9.17) is 0 Å². The third kappa shape index (κ3) is 3.00. The van der Waals surface area contributed by atoms with Gasteiger partial charge in [0.25, 0.3) is 5.91 Å². The number of carbonyl (C=O) groups is 2. The van der Waals surface area contributed by atoms with E-state index >= 15 is 0 Å². The highest BCUT2D eigenvalue weighted by molar-refractivity contribution is 5.94. The maximum absolute atomic E-state index is 13.6. The van der Waals surface area contributed by atoms with Crippen molar-refractivity contribution in [2.45, 2.75) is 0 Å². The second-order valence-corrected chi connectivity index (χ2v) is 5.18. The third-order valence-electron chi connectivity index (χ3n) is 3.49. The molecule has 0 bridgehead atoms. The van der Waals surface area contributed by atoms with Gasteiger partial charge in [0.1, 0.15) is 0 Å². The molecule has 1 aliphatic heterocycles. The second-order valence-electron chi connectivity index (χ2n) is 5.18. The van der Waals surface area contributed by atoms with E-state index in [9.17, 15) is 22.8 Å². The molecule has 1 aromatic carbocycles. The zero-order valence-electron chi connectivity index (χ0n) is 12.3. The Morgan fingerprint density at radius 2 is 1.50 bits per heavy atom. The lowest BCUT2D eigenvalue weighted by atomic mass is 10.1. The molecule has 3 amide bonds. The highest BCUT2D eigenvalue weighted by atomic mass is 19.2. The van der Waals surface area contributed by atoms with Gasteiger partial charge in [0, 0.05) is 40.3 Å². The van der Waals surface area contributed by atoms with Gasteiger partial charge in [-0.15, -0.1) is 0 Å². The maximum Gasteiger partial charge on any atom is 0.319 e. The van der Waals surface area contributed by atoms with Crippen molar-refractivity contribution in [3.05, 3.63) is 35.1 Å². The molecule has 0 aromatic heterocycles. The van der Waals surface area contributed by atoms with Gasteiger partial charge in [0.05, 0.1) is 5.56 Å². The van der Waals surface area contributed by atoms with Gasteiger partial charge in [-0.25, -0.2) is 18.0 Å². The van der Waals surface area contributed by atoms with Gasteiger partial charge in [-0.2, -0.15) is 0 Å². The molecule has 8 heteroatoms. The molecule has 120 valence electrons. The molecule has 0 unspecified atom stereocenters. The number of carbonyl (C=O) groups excluding carboxylic acids is 2. The summed E-state index contributed by atoms with van der Waals surface area (Å²) >= 11 is 0. The molecule has 1 aromatic rings. The van der Waals surface area contributed by atoms with E-state index in [1.807, 2.05) is 0 Å². The van der Waals surface area contributed by atoms with Crippen LogP contribution in [-0.2, 0) is 0 Å². The van der Waals surface area contributed by atoms with Crippen molar-refractivity contribution in [1.29, 1.82) is 0 Å². The number of nitrogens with zero attached hydrogens (tertiary/aromatic N) is 3. The summed E-state index contributed by atoms with van der Waals surface area (Å²) in [6.45, 7) is 1.01. The molecule has 1 saturated heterocycles. The van der Waals surface area contributed by atoms with Crippen molar-refractivity contribution >= 4 is 11.9 Å². The number of hydrogen-bond donors (Lipinski definition) is 0. The van der Waals surface area contributed by atoms with Crippen LogP contribution in [0.1, 0.15) is 10.4 Å². The van der Waals surface area contributed by atoms with E-state index in [0.717, 1.165) is 12.1 Å². The number of rotatable bonds is 1. The van der Waals surface area contributed by atoms with Gasteiger partial charge in [-0.05, 0) is 12.1 Å². The molecule has 0 aliphatic carbocycles. The second kappa shape index (κ2) is 6.25. The molecule has 1 aliphatic rings. The summed E-state index contributed by atoms with van der Waals surface area (Å²) in [7, 11) is 3.24. The highest BCUT2D eigenvalue weighted by Gasteiger charge is 2.28. The highest BCUT2D eigenvalue weighted by Crippen LogP contribution is 2.18. The summed E-state index contributed by atoms with van der Waals surface area (Å²) < 4.78 is 39.7. The van der Waals surface area contributed by atoms with Gasteiger partial charge in [0.15, 0.2) is 17.5 Å². The van der Waals surface area contributed by atoms with Crippen LogP contribution >= 0.6 is 0 Å². The van der Waals surface area contributed by atoms with E-state index in [-0.39, 0.29) is 19.1 Å². The first-order valence-electron chi connectivity index (χ1n) is 6.72. The van der Waals surface area contributed by atoms with Gasteiger partial charge in [-0.1, -0.05) is 0 Å². The van der Waals surface area contributed by atoms with Gasteiger partial charge in [-0.3, -0.25) is 4.79 Å². The minimum atomic E-state index is -1.66. The largest absolute Gasteiger partial charge is 0.335 e. The lowest BCUT2D eigenvalue weighted by Crippen LogP contribution is -2.53. The summed E-state index contributed by atoms with van der Waals surface area (Å²) in [6.07, 6.45) is 0. The van der Waals surface area contributed by atoms with Gasteiger partial charge < -0.3 is 14.7 Å². The summed E-state index contributed by atoms with van der Waals surface area (Å²) in [5.41, 5.74) is -0.508. The van der Waals surface area contributed by atoms with E-state index in [2.05, 4.69) is 0 Å². The number of amides is 3. The summed E-state index contributed by atoms with van der Waals surface area (Å²) in [6, 6.07) is 1.47. The van der Waals surface area contributed by atoms with Crippen LogP contribution in [0.3, 0.4) is 0 Å². The normalized spacial score (nSPS) is 15.0. The number of piperazine rings is 1. The van der Waals surface area contributed by atoms with E-state index in [1.54, 1.807) is 19.0 Å². The first-order chi connectivity index (χ1) is 10.3. The minimum absolute atomic E-state index is 0.175. The van der Waals surface area contributed by atoms with Crippen LogP contribution in [-0.4, -0.2) is 66.9 Å². The van der Waals surface area contributed by atoms with E-state index in [1.165, 1.54) is 9.80 Å². The average Bonchev–Trinajstić information content (AvgIpc) is 2.51. The van der Waals surface area contributed by atoms with Crippen molar-refractivity contribution in [3.63, 3.8) is 0 Å². The maximum atomic E-state index is 13.6. The monoisotopic (exact) mass is 315 g/mol. The average molecular weight is 315 g/mol. The molecule has 2 rings (SSSR count). The quantitative estimate of drug-likeness (QED) is 0.738. The van der Waals surface area contributed by atoms with Crippen LogP contribution in [0.4, 0.5) is 18.0 Å². The van der Waals surface area contributed by atoms with Crippen LogP contribution in [0, 0.1) is 17.5 Å². The summed E-state index contributed by atoms with van der Waals surface area (Å²) in [5.74, 6) is -5.20. The van der Waals surface area contributed by atoms with Crippen molar-refractivity contribution in [1.82, 2.24) is 14.7 Å². The number of halogens is 3. The van der Waals surface area contributed by atoms with Crippen LogP contribution in [0.5, 0.6) is 0 Å². The Morgan fingerprint density at radius 3 is 2.05 bits per heavy atom. The Hall–Kier alpha value is -2.25. The van der Waals surface area contributed by atoms with Crippen molar-refractivity contribution < 1.29 is 22.8 Å². The lowest BCUT2D eigenvalue weighted by Gasteiger charge is -2.36. The van der Waals surface area contributed by atoms with Crippen molar-refractivity contribution in [2.24, 2.45) is 0 Å². The standard InChI is InChI=1S/C14H16F3N3O2/c1-18(2)14(22)20-7-5-19(6-8-20)13(21)9-3-4-10(15)12(17)11(9)16/h3-4H,5-8H2,1-2H3. The Bertz CT molecular complexity index is 599. The fourth-order valence-corrected chi connectivity index (χ4v) is 2.25. The number of hydrogen-bond acceptors (Lipinski definition) is 2. The Kier molecular flexibility index (Phi) is 4.58. The molecule has 0 radical (unpaired) electrons. The van der Waals surface area contributed by atoms with E-state index < -0.39 is 28.9 Å². The first-order valence-corrected chi connectivity index (χ1v) is 6.72. The third-order valence-corrected chi connectivity index (χ3v) is 3.49. The smallest absolute Gasteiger partial charge is 0.319 e. The minimum Gasteiger partial charge on any atom is -0.335 e. The zero-order chi connectivity index (χ0) is 16.4.